The van der Waals surface area contributed by atoms with E-state index in [1.807, 2.05) is 10.7 Å². The maximum Gasteiger partial charge on any atom is 0.108 e. The fraction of sp³-hybridized carbons (Fsp3) is 0.727. The largest absolute Gasteiger partial charge is 0.385 e. The minimum absolute atomic E-state index is 0.262. The van der Waals surface area contributed by atoms with Gasteiger partial charge in [-0.25, -0.2) is 0 Å². The van der Waals surface area contributed by atoms with E-state index in [0.717, 1.165) is 5.69 Å². The van der Waals surface area contributed by atoms with Gasteiger partial charge in [0, 0.05) is 12.7 Å². The van der Waals surface area contributed by atoms with E-state index in [1.165, 1.54) is 32.1 Å². The first-order valence-electron chi connectivity index (χ1n) is 5.74. The highest BCUT2D eigenvalue weighted by Gasteiger charge is 2.20. The van der Waals surface area contributed by atoms with Crippen molar-refractivity contribution >= 4 is 0 Å². The van der Waals surface area contributed by atoms with Crippen LogP contribution in [0.4, 0.5) is 0 Å². The predicted molar refractivity (Wildman–Crippen MR) is 58.4 cm³/mol. The molecule has 1 aliphatic rings. The third-order valence-electron chi connectivity index (χ3n) is 3.19. The maximum absolute atomic E-state index is 9.74. The number of hydrogen-bond donors (Lipinski definition) is 2. The zero-order chi connectivity index (χ0) is 10.7. The monoisotopic (exact) mass is 209 g/mol. The van der Waals surface area contributed by atoms with Gasteiger partial charge in [0.1, 0.15) is 6.10 Å². The topological polar surface area (TPSA) is 64.1 Å². The van der Waals surface area contributed by atoms with Crippen molar-refractivity contribution in [1.29, 1.82) is 0 Å². The van der Waals surface area contributed by atoms with Crippen molar-refractivity contribution in [3.63, 3.8) is 0 Å². The van der Waals surface area contributed by atoms with Gasteiger partial charge in [-0.3, -0.25) is 4.68 Å². The molecule has 0 saturated heterocycles. The van der Waals surface area contributed by atoms with Crippen molar-refractivity contribution in [2.45, 2.75) is 44.2 Å². The van der Waals surface area contributed by atoms with E-state index in [-0.39, 0.29) is 6.54 Å². The molecule has 2 rings (SSSR count). The highest BCUT2D eigenvalue weighted by Crippen LogP contribution is 2.29. The van der Waals surface area contributed by atoms with Gasteiger partial charge < -0.3 is 10.8 Å². The molecule has 1 aliphatic carbocycles. The Morgan fingerprint density at radius 2 is 2.20 bits per heavy atom. The van der Waals surface area contributed by atoms with Crippen molar-refractivity contribution < 1.29 is 5.11 Å². The molecule has 1 fully saturated rings. The summed E-state index contributed by atoms with van der Waals surface area (Å²) in [7, 11) is 0. The minimum atomic E-state index is -0.575. The Kier molecular flexibility index (Phi) is 3.38. The van der Waals surface area contributed by atoms with Crippen molar-refractivity contribution in [3.05, 3.63) is 18.0 Å². The van der Waals surface area contributed by atoms with E-state index < -0.39 is 6.10 Å². The van der Waals surface area contributed by atoms with Crippen LogP contribution in [0, 0.1) is 0 Å². The van der Waals surface area contributed by atoms with Crippen molar-refractivity contribution in [3.8, 4) is 0 Å². The summed E-state index contributed by atoms with van der Waals surface area (Å²) in [5.74, 6) is 0. The zero-order valence-corrected chi connectivity index (χ0v) is 8.97. The second kappa shape index (κ2) is 4.77. The van der Waals surface area contributed by atoms with Gasteiger partial charge in [0.05, 0.1) is 11.7 Å². The number of nitrogens with two attached hydrogens (primary N) is 1. The molecule has 84 valence electrons. The minimum Gasteiger partial charge on any atom is -0.385 e. The van der Waals surface area contributed by atoms with Crippen molar-refractivity contribution in [1.82, 2.24) is 9.78 Å². The van der Waals surface area contributed by atoms with E-state index in [1.54, 1.807) is 6.20 Å². The highest BCUT2D eigenvalue weighted by molar-refractivity contribution is 5.06. The lowest BCUT2D eigenvalue weighted by Gasteiger charge is -2.25. The summed E-state index contributed by atoms with van der Waals surface area (Å²) in [5, 5.41) is 14.1. The van der Waals surface area contributed by atoms with Gasteiger partial charge >= 0.3 is 0 Å². The molecule has 1 saturated carbocycles. The summed E-state index contributed by atoms with van der Waals surface area (Å²) in [4.78, 5) is 0. The second-order valence-electron chi connectivity index (χ2n) is 4.24. The van der Waals surface area contributed by atoms with Crippen molar-refractivity contribution in [2.75, 3.05) is 6.54 Å². The van der Waals surface area contributed by atoms with Crippen LogP contribution in [0.15, 0.2) is 12.3 Å². The fourth-order valence-corrected chi connectivity index (χ4v) is 2.34. The summed E-state index contributed by atoms with van der Waals surface area (Å²) in [6, 6.07) is 2.33. The molecule has 1 unspecified atom stereocenters. The van der Waals surface area contributed by atoms with Gasteiger partial charge in [0.2, 0.25) is 0 Å². The molecule has 1 aromatic heterocycles. The summed E-state index contributed by atoms with van der Waals surface area (Å²) in [6.45, 7) is 0.262. The van der Waals surface area contributed by atoms with Crippen LogP contribution >= 0.6 is 0 Å². The number of rotatable bonds is 3. The molecule has 1 aromatic rings. The van der Waals surface area contributed by atoms with Gasteiger partial charge in [0.25, 0.3) is 0 Å². The third kappa shape index (κ3) is 2.21. The lowest BCUT2D eigenvalue weighted by Crippen LogP contribution is -2.21. The molecule has 0 radical (unpaired) electrons. The van der Waals surface area contributed by atoms with Gasteiger partial charge in [0.15, 0.2) is 0 Å². The summed E-state index contributed by atoms with van der Waals surface area (Å²) < 4.78 is 1.97. The number of nitrogens with zero attached hydrogens (tertiary/aromatic N) is 2. The molecule has 0 spiro atoms. The quantitative estimate of drug-likeness (QED) is 0.790. The number of aliphatic hydroxyl groups is 1. The van der Waals surface area contributed by atoms with Crippen LogP contribution in [-0.2, 0) is 0 Å². The smallest absolute Gasteiger partial charge is 0.108 e. The molecule has 1 heterocycles. The molecular formula is C11H19N3O. The molecule has 4 heteroatoms. The first-order chi connectivity index (χ1) is 7.33. The van der Waals surface area contributed by atoms with Crippen LogP contribution in [0.5, 0.6) is 0 Å². The number of aromatic nitrogens is 2. The van der Waals surface area contributed by atoms with Crippen LogP contribution in [0.3, 0.4) is 0 Å². The molecule has 4 nitrogen and oxygen atoms in total. The van der Waals surface area contributed by atoms with Crippen LogP contribution in [-0.4, -0.2) is 21.4 Å². The molecule has 3 N–H and O–H groups in total. The number of hydrogen-bond acceptors (Lipinski definition) is 3. The average Bonchev–Trinajstić information content (AvgIpc) is 2.78. The van der Waals surface area contributed by atoms with Gasteiger partial charge in [-0.05, 0) is 18.9 Å². The molecule has 1 atom stereocenters. The molecule has 0 aliphatic heterocycles. The van der Waals surface area contributed by atoms with Gasteiger partial charge in [-0.1, -0.05) is 19.3 Å². The second-order valence-corrected chi connectivity index (χ2v) is 4.24. The molecule has 15 heavy (non-hydrogen) atoms. The lowest BCUT2D eigenvalue weighted by molar-refractivity contribution is 0.167. The average molecular weight is 209 g/mol. The Morgan fingerprint density at radius 3 is 2.87 bits per heavy atom. The first-order valence-corrected chi connectivity index (χ1v) is 5.74. The van der Waals surface area contributed by atoms with E-state index in [2.05, 4.69) is 5.10 Å². The Labute approximate surface area is 90.1 Å². The standard InChI is InChI=1S/C11H19N3O/c12-8-11(15)10-6-7-13-14(10)9-4-2-1-3-5-9/h6-7,9,11,15H,1-5,8,12H2. The van der Waals surface area contributed by atoms with Crippen LogP contribution in [0.1, 0.15) is 49.9 Å². The van der Waals surface area contributed by atoms with E-state index >= 15 is 0 Å². The van der Waals surface area contributed by atoms with E-state index in [9.17, 15) is 5.11 Å². The SMILES string of the molecule is NCC(O)c1ccnn1C1CCCCC1. The zero-order valence-electron chi connectivity index (χ0n) is 8.97. The highest BCUT2D eigenvalue weighted by atomic mass is 16.3. The maximum atomic E-state index is 9.74. The Morgan fingerprint density at radius 1 is 1.47 bits per heavy atom. The normalized spacial score (nSPS) is 20.4. The molecule has 0 bridgehead atoms. The molecule has 0 amide bonds. The summed E-state index contributed by atoms with van der Waals surface area (Å²) >= 11 is 0. The predicted octanol–water partition coefficient (Wildman–Crippen LogP) is 1.38. The summed E-state index contributed by atoms with van der Waals surface area (Å²) in [5.41, 5.74) is 6.34. The van der Waals surface area contributed by atoms with Crippen LogP contribution in [0.25, 0.3) is 0 Å². The third-order valence-corrected chi connectivity index (χ3v) is 3.19. The van der Waals surface area contributed by atoms with Gasteiger partial charge in [-0.15, -0.1) is 0 Å². The van der Waals surface area contributed by atoms with E-state index in [4.69, 9.17) is 5.73 Å². The Bertz CT molecular complexity index is 305. The Balaban J connectivity index is 2.15. The van der Waals surface area contributed by atoms with Crippen LogP contribution < -0.4 is 5.73 Å². The lowest BCUT2D eigenvalue weighted by atomic mass is 9.95. The Hall–Kier alpha value is -0.870. The van der Waals surface area contributed by atoms with Crippen molar-refractivity contribution in [2.24, 2.45) is 5.73 Å². The number of aliphatic hydroxyl groups excluding tert-OH is 1. The van der Waals surface area contributed by atoms with E-state index in [0.29, 0.717) is 6.04 Å². The van der Waals surface area contributed by atoms with Crippen LogP contribution in [0.2, 0.25) is 0 Å². The molecule has 0 aromatic carbocycles. The molecular weight excluding hydrogens is 190 g/mol. The summed E-state index contributed by atoms with van der Waals surface area (Å²) in [6.07, 6.45) is 7.38. The fourth-order valence-electron chi connectivity index (χ4n) is 2.34. The van der Waals surface area contributed by atoms with Gasteiger partial charge in [-0.2, -0.15) is 5.10 Å². The first kappa shape index (κ1) is 10.6.